The van der Waals surface area contributed by atoms with E-state index < -0.39 is 17.8 Å². The molecule has 2 amide bonds. The molecule has 11 heteroatoms. The summed E-state index contributed by atoms with van der Waals surface area (Å²) in [5.74, 6) is -0.271. The number of aromatic nitrogens is 1. The molecule has 29 heavy (non-hydrogen) atoms. The number of thiophene rings is 1. The summed E-state index contributed by atoms with van der Waals surface area (Å²) in [7, 11) is 0. The zero-order valence-electron chi connectivity index (χ0n) is 15.4. The van der Waals surface area contributed by atoms with Crippen LogP contribution in [-0.2, 0) is 11.0 Å². The largest absolute Gasteiger partial charge is 0.417 e. The summed E-state index contributed by atoms with van der Waals surface area (Å²) < 4.78 is 38.3. The van der Waals surface area contributed by atoms with Crippen molar-refractivity contribution in [3.63, 3.8) is 0 Å². The Morgan fingerprint density at radius 2 is 1.97 bits per heavy atom. The molecule has 1 fully saturated rings. The molecule has 0 spiro atoms. The molecule has 2 aromatic rings. The Kier molecular flexibility index (Phi) is 6.33. The van der Waals surface area contributed by atoms with Gasteiger partial charge in [-0.15, -0.1) is 11.3 Å². The minimum absolute atomic E-state index is 0.0869. The monoisotopic (exact) mass is 446 g/mol. The van der Waals surface area contributed by atoms with Gasteiger partial charge in [-0.05, 0) is 24.4 Å². The van der Waals surface area contributed by atoms with Crippen LogP contribution in [0.5, 0.6) is 0 Å². The van der Waals surface area contributed by atoms with Crippen molar-refractivity contribution in [2.75, 3.05) is 31.1 Å². The van der Waals surface area contributed by atoms with E-state index >= 15 is 0 Å². The number of halogens is 4. The number of pyridine rings is 1. The van der Waals surface area contributed by atoms with Crippen molar-refractivity contribution >= 4 is 40.6 Å². The Hall–Kier alpha value is -2.33. The number of hydrogen-bond acceptors (Lipinski definition) is 5. The molecule has 0 bridgehead atoms. The average molecular weight is 447 g/mol. The van der Waals surface area contributed by atoms with Gasteiger partial charge in [0, 0.05) is 32.4 Å². The summed E-state index contributed by atoms with van der Waals surface area (Å²) in [6.45, 7) is 3.05. The van der Waals surface area contributed by atoms with E-state index in [-0.39, 0.29) is 22.7 Å². The number of carbonyl (C=O) groups excluding carboxylic acids is 2. The van der Waals surface area contributed by atoms with E-state index in [1.807, 2.05) is 0 Å². The number of alkyl halides is 3. The zero-order valence-corrected chi connectivity index (χ0v) is 16.9. The van der Waals surface area contributed by atoms with Crippen molar-refractivity contribution in [2.24, 2.45) is 0 Å². The maximum atomic E-state index is 12.8. The van der Waals surface area contributed by atoms with E-state index in [2.05, 4.69) is 10.3 Å². The predicted octanol–water partition coefficient (Wildman–Crippen LogP) is 3.28. The van der Waals surface area contributed by atoms with Gasteiger partial charge in [-0.3, -0.25) is 9.59 Å². The molecule has 1 N–H and O–H groups in total. The second-order valence-electron chi connectivity index (χ2n) is 6.51. The molecule has 156 valence electrons. The number of nitrogens with one attached hydrogen (secondary N) is 1. The van der Waals surface area contributed by atoms with Crippen molar-refractivity contribution in [1.82, 2.24) is 15.2 Å². The Morgan fingerprint density at radius 1 is 1.28 bits per heavy atom. The lowest BCUT2D eigenvalue weighted by Gasteiger charge is -2.37. The molecule has 1 aliphatic rings. The average Bonchev–Trinajstić information content (AvgIpc) is 3.22. The first kappa shape index (κ1) is 21.4. The van der Waals surface area contributed by atoms with Crippen LogP contribution in [0.3, 0.4) is 0 Å². The summed E-state index contributed by atoms with van der Waals surface area (Å²) in [6.07, 6.45) is -3.76. The highest BCUT2D eigenvalue weighted by molar-refractivity contribution is 7.12. The van der Waals surface area contributed by atoms with Crippen LogP contribution in [0.15, 0.2) is 29.8 Å². The van der Waals surface area contributed by atoms with Crippen LogP contribution in [0.4, 0.5) is 19.0 Å². The fraction of sp³-hybridized carbons (Fsp3) is 0.389. The highest BCUT2D eigenvalue weighted by Crippen LogP contribution is 2.33. The van der Waals surface area contributed by atoms with Crippen molar-refractivity contribution in [2.45, 2.75) is 19.1 Å². The SMILES string of the molecule is CC(NC(=O)c1cccs1)C(=O)N1CCN(c2ncc(C(F)(F)F)cc2Cl)CC1. The highest BCUT2D eigenvalue weighted by Gasteiger charge is 2.33. The second-order valence-corrected chi connectivity index (χ2v) is 7.87. The van der Waals surface area contributed by atoms with Crippen molar-refractivity contribution in [3.8, 4) is 0 Å². The van der Waals surface area contributed by atoms with Crippen LogP contribution in [0.1, 0.15) is 22.2 Å². The molecule has 0 saturated carbocycles. The van der Waals surface area contributed by atoms with E-state index in [4.69, 9.17) is 11.6 Å². The maximum absolute atomic E-state index is 12.8. The first-order valence-corrected chi connectivity index (χ1v) is 10.0. The summed E-state index contributed by atoms with van der Waals surface area (Å²) in [4.78, 5) is 32.4. The molecule has 0 aromatic carbocycles. The van der Waals surface area contributed by atoms with Crippen molar-refractivity contribution < 1.29 is 22.8 Å². The van der Waals surface area contributed by atoms with Crippen LogP contribution in [0, 0.1) is 0 Å². The molecule has 1 saturated heterocycles. The lowest BCUT2D eigenvalue weighted by Crippen LogP contribution is -2.54. The number of hydrogen-bond donors (Lipinski definition) is 1. The van der Waals surface area contributed by atoms with Gasteiger partial charge in [0.05, 0.1) is 15.5 Å². The van der Waals surface area contributed by atoms with E-state index in [1.165, 1.54) is 11.3 Å². The molecule has 3 heterocycles. The number of anilines is 1. The minimum Gasteiger partial charge on any atom is -0.352 e. The van der Waals surface area contributed by atoms with E-state index in [0.717, 1.165) is 12.3 Å². The van der Waals surface area contributed by atoms with Gasteiger partial charge in [0.25, 0.3) is 5.91 Å². The molecular formula is C18H18ClF3N4O2S. The number of rotatable bonds is 4. The van der Waals surface area contributed by atoms with Crippen LogP contribution in [0.2, 0.25) is 5.02 Å². The van der Waals surface area contributed by atoms with Gasteiger partial charge < -0.3 is 15.1 Å². The summed E-state index contributed by atoms with van der Waals surface area (Å²) in [5, 5.41) is 4.37. The lowest BCUT2D eigenvalue weighted by molar-refractivity contribution is -0.138. The first-order chi connectivity index (χ1) is 13.7. The lowest BCUT2D eigenvalue weighted by atomic mass is 10.2. The van der Waals surface area contributed by atoms with Gasteiger partial charge in [-0.25, -0.2) is 4.98 Å². The smallest absolute Gasteiger partial charge is 0.352 e. The fourth-order valence-corrected chi connectivity index (χ4v) is 3.88. The Morgan fingerprint density at radius 3 is 2.52 bits per heavy atom. The van der Waals surface area contributed by atoms with E-state index in [0.29, 0.717) is 31.1 Å². The summed E-state index contributed by atoms with van der Waals surface area (Å²) >= 11 is 7.28. The number of piperazine rings is 1. The molecule has 3 rings (SSSR count). The summed E-state index contributed by atoms with van der Waals surface area (Å²) in [5.41, 5.74) is -0.907. The van der Waals surface area contributed by atoms with Gasteiger partial charge in [0.1, 0.15) is 11.9 Å². The molecule has 0 aliphatic carbocycles. The molecule has 2 aromatic heterocycles. The standard InChI is InChI=1S/C18H18ClF3N4O2S/c1-11(24-16(27)14-3-2-8-29-14)17(28)26-6-4-25(5-7-26)15-13(19)9-12(10-23-15)18(20,21)22/h2-3,8-11H,4-7H2,1H3,(H,24,27). The topological polar surface area (TPSA) is 65.5 Å². The van der Waals surface area contributed by atoms with Gasteiger partial charge >= 0.3 is 6.18 Å². The molecule has 1 unspecified atom stereocenters. The highest BCUT2D eigenvalue weighted by atomic mass is 35.5. The second kappa shape index (κ2) is 8.58. The van der Waals surface area contributed by atoms with E-state index in [9.17, 15) is 22.8 Å². The Bertz CT molecular complexity index is 884. The number of nitrogens with zero attached hydrogens (tertiary/aromatic N) is 3. The fourth-order valence-electron chi connectivity index (χ4n) is 2.97. The Balaban J connectivity index is 1.57. The number of carbonyl (C=O) groups is 2. The molecule has 1 atom stereocenters. The summed E-state index contributed by atoms with van der Waals surface area (Å²) in [6, 6.07) is 3.59. The molecule has 6 nitrogen and oxygen atoms in total. The van der Waals surface area contributed by atoms with Crippen molar-refractivity contribution in [1.29, 1.82) is 0 Å². The van der Waals surface area contributed by atoms with Crippen LogP contribution >= 0.6 is 22.9 Å². The predicted molar refractivity (Wildman–Crippen MR) is 104 cm³/mol. The van der Waals surface area contributed by atoms with Crippen LogP contribution in [-0.4, -0.2) is 53.9 Å². The van der Waals surface area contributed by atoms with Gasteiger partial charge in [0.15, 0.2) is 0 Å². The third-order valence-electron chi connectivity index (χ3n) is 4.50. The maximum Gasteiger partial charge on any atom is 0.417 e. The third kappa shape index (κ3) is 4.99. The first-order valence-electron chi connectivity index (χ1n) is 8.77. The number of amides is 2. The normalized spacial score (nSPS) is 15.9. The van der Waals surface area contributed by atoms with Gasteiger partial charge in [0.2, 0.25) is 5.91 Å². The van der Waals surface area contributed by atoms with Crippen LogP contribution < -0.4 is 10.2 Å². The minimum atomic E-state index is -4.51. The quantitative estimate of drug-likeness (QED) is 0.782. The molecular weight excluding hydrogens is 429 g/mol. The zero-order chi connectivity index (χ0) is 21.2. The van der Waals surface area contributed by atoms with E-state index in [1.54, 1.807) is 34.2 Å². The van der Waals surface area contributed by atoms with Gasteiger partial charge in [-0.1, -0.05) is 17.7 Å². The Labute approximate surface area is 174 Å². The van der Waals surface area contributed by atoms with Gasteiger partial charge in [-0.2, -0.15) is 13.2 Å². The van der Waals surface area contributed by atoms with Crippen LogP contribution in [0.25, 0.3) is 0 Å². The molecule has 0 radical (unpaired) electrons. The molecule has 1 aliphatic heterocycles. The third-order valence-corrected chi connectivity index (χ3v) is 5.65. The van der Waals surface area contributed by atoms with Crippen molar-refractivity contribution in [3.05, 3.63) is 45.2 Å².